The molecule has 0 bridgehead atoms. The van der Waals surface area contributed by atoms with E-state index in [1.165, 1.54) is 6.07 Å². The molecule has 0 atom stereocenters. The van der Waals surface area contributed by atoms with Gasteiger partial charge in [0.15, 0.2) is 5.78 Å². The predicted molar refractivity (Wildman–Crippen MR) is 78.2 cm³/mol. The van der Waals surface area contributed by atoms with Gasteiger partial charge in [-0.3, -0.25) is 4.79 Å². The molecule has 0 aromatic heterocycles. The minimum Gasteiger partial charge on any atom is -0.288 e. The van der Waals surface area contributed by atoms with E-state index in [9.17, 15) is 9.18 Å². The second-order valence-electron chi connectivity index (χ2n) is 4.74. The molecule has 0 saturated carbocycles. The maximum Gasteiger partial charge on any atom is 0.195 e. The second kappa shape index (κ2) is 5.25. The molecule has 2 rings (SSSR count). The molecule has 0 aliphatic heterocycles. The molecule has 1 nitrogen and oxygen atoms in total. The van der Waals surface area contributed by atoms with Gasteiger partial charge in [0, 0.05) is 10.0 Å². The van der Waals surface area contributed by atoms with Crippen LogP contribution < -0.4 is 0 Å². The Morgan fingerprint density at radius 2 is 1.63 bits per heavy atom. The Morgan fingerprint density at radius 3 is 2.21 bits per heavy atom. The quantitative estimate of drug-likeness (QED) is 0.730. The van der Waals surface area contributed by atoms with Crippen LogP contribution in [0.3, 0.4) is 0 Å². The number of ketones is 1. The summed E-state index contributed by atoms with van der Waals surface area (Å²) in [5, 5.41) is 0. The highest BCUT2D eigenvalue weighted by Gasteiger charge is 2.15. The van der Waals surface area contributed by atoms with Crippen LogP contribution in [-0.2, 0) is 0 Å². The van der Waals surface area contributed by atoms with Crippen LogP contribution in [0.2, 0.25) is 0 Å². The van der Waals surface area contributed by atoms with Gasteiger partial charge >= 0.3 is 0 Å². The molecule has 0 aliphatic rings. The first-order valence-corrected chi connectivity index (χ1v) is 6.77. The summed E-state index contributed by atoms with van der Waals surface area (Å²) in [6.07, 6.45) is 0. The number of carbonyl (C=O) groups is 1. The highest BCUT2D eigenvalue weighted by molar-refractivity contribution is 9.10. The number of hydrogen-bond donors (Lipinski definition) is 0. The lowest BCUT2D eigenvalue weighted by molar-refractivity contribution is 0.103. The lowest BCUT2D eigenvalue weighted by atomic mass is 9.98. The molecule has 0 spiro atoms. The van der Waals surface area contributed by atoms with E-state index in [4.69, 9.17) is 0 Å². The van der Waals surface area contributed by atoms with Crippen molar-refractivity contribution in [2.24, 2.45) is 0 Å². The lowest BCUT2D eigenvalue weighted by Gasteiger charge is -2.08. The van der Waals surface area contributed by atoms with E-state index in [0.717, 1.165) is 21.2 Å². The van der Waals surface area contributed by atoms with E-state index in [1.807, 2.05) is 20.8 Å². The van der Waals surface area contributed by atoms with Crippen LogP contribution >= 0.6 is 15.9 Å². The molecular formula is C16H14BrFO. The van der Waals surface area contributed by atoms with Gasteiger partial charge in [0.1, 0.15) is 5.82 Å². The third-order valence-corrected chi connectivity index (χ3v) is 4.32. The van der Waals surface area contributed by atoms with Crippen molar-refractivity contribution >= 4 is 21.7 Å². The molecule has 3 heteroatoms. The monoisotopic (exact) mass is 320 g/mol. The maximum atomic E-state index is 13.8. The standard InChI is InChI=1S/C16H14BrFO/c1-9-4-5-14(18)13(6-9)16(19)12-7-10(2)15(17)11(3)8-12/h4-8H,1-3H3. The van der Waals surface area contributed by atoms with E-state index in [0.29, 0.717) is 5.56 Å². The molecule has 2 aromatic carbocycles. The highest BCUT2D eigenvalue weighted by atomic mass is 79.9. The summed E-state index contributed by atoms with van der Waals surface area (Å²) < 4.78 is 14.7. The van der Waals surface area contributed by atoms with Crippen molar-refractivity contribution in [3.63, 3.8) is 0 Å². The van der Waals surface area contributed by atoms with Gasteiger partial charge in [-0.25, -0.2) is 4.39 Å². The minimum atomic E-state index is -0.478. The molecule has 0 unspecified atom stereocenters. The van der Waals surface area contributed by atoms with Gasteiger partial charge in [0.25, 0.3) is 0 Å². The molecule has 0 heterocycles. The van der Waals surface area contributed by atoms with Gasteiger partial charge in [-0.2, -0.15) is 0 Å². The number of rotatable bonds is 2. The van der Waals surface area contributed by atoms with Gasteiger partial charge in [-0.15, -0.1) is 0 Å². The Bertz CT molecular complexity index is 639. The van der Waals surface area contributed by atoms with Crippen LogP contribution in [0, 0.1) is 26.6 Å². The third kappa shape index (κ3) is 2.76. The zero-order valence-corrected chi connectivity index (χ0v) is 12.6. The number of hydrogen-bond acceptors (Lipinski definition) is 1. The smallest absolute Gasteiger partial charge is 0.195 e. The fraction of sp³-hybridized carbons (Fsp3) is 0.188. The van der Waals surface area contributed by atoms with Crippen LogP contribution in [0.5, 0.6) is 0 Å². The topological polar surface area (TPSA) is 17.1 Å². The van der Waals surface area contributed by atoms with Crippen molar-refractivity contribution in [1.82, 2.24) is 0 Å². The fourth-order valence-corrected chi connectivity index (χ4v) is 2.27. The first-order valence-electron chi connectivity index (χ1n) is 5.97. The van der Waals surface area contributed by atoms with Crippen LogP contribution in [0.25, 0.3) is 0 Å². The van der Waals surface area contributed by atoms with Crippen LogP contribution in [0.15, 0.2) is 34.8 Å². The number of aryl methyl sites for hydroxylation is 3. The average Bonchev–Trinajstić information content (AvgIpc) is 2.37. The van der Waals surface area contributed by atoms with Crippen molar-refractivity contribution in [3.8, 4) is 0 Å². The van der Waals surface area contributed by atoms with Crippen molar-refractivity contribution in [2.75, 3.05) is 0 Å². The minimum absolute atomic E-state index is 0.126. The van der Waals surface area contributed by atoms with Gasteiger partial charge in [-0.05, 0) is 56.2 Å². The number of carbonyl (C=O) groups excluding carboxylic acids is 1. The summed E-state index contributed by atoms with van der Waals surface area (Å²) in [7, 11) is 0. The van der Waals surface area contributed by atoms with Crippen LogP contribution in [0.4, 0.5) is 4.39 Å². The van der Waals surface area contributed by atoms with Gasteiger partial charge < -0.3 is 0 Å². The zero-order valence-electron chi connectivity index (χ0n) is 11.1. The van der Waals surface area contributed by atoms with E-state index in [-0.39, 0.29) is 11.3 Å². The molecule has 2 aromatic rings. The summed E-state index contributed by atoms with van der Waals surface area (Å²) >= 11 is 3.46. The highest BCUT2D eigenvalue weighted by Crippen LogP contribution is 2.24. The van der Waals surface area contributed by atoms with Crippen molar-refractivity contribution in [2.45, 2.75) is 20.8 Å². The average molecular weight is 321 g/mol. The summed E-state index contributed by atoms with van der Waals surface area (Å²) in [6.45, 7) is 5.68. The van der Waals surface area contributed by atoms with E-state index < -0.39 is 5.82 Å². The number of benzene rings is 2. The van der Waals surface area contributed by atoms with E-state index in [1.54, 1.807) is 24.3 Å². The first kappa shape index (κ1) is 13.9. The third-order valence-electron chi connectivity index (χ3n) is 3.07. The largest absolute Gasteiger partial charge is 0.288 e. The van der Waals surface area contributed by atoms with Crippen molar-refractivity contribution in [1.29, 1.82) is 0 Å². The molecular weight excluding hydrogens is 307 g/mol. The van der Waals surface area contributed by atoms with Crippen LogP contribution in [0.1, 0.15) is 32.6 Å². The van der Waals surface area contributed by atoms with Crippen molar-refractivity contribution < 1.29 is 9.18 Å². The van der Waals surface area contributed by atoms with Crippen molar-refractivity contribution in [3.05, 3.63) is 68.4 Å². The summed E-state index contributed by atoms with van der Waals surface area (Å²) in [4.78, 5) is 12.4. The predicted octanol–water partition coefficient (Wildman–Crippen LogP) is 4.74. The summed E-state index contributed by atoms with van der Waals surface area (Å²) in [6, 6.07) is 8.14. The molecule has 0 N–H and O–H groups in total. The Labute approximate surface area is 120 Å². The second-order valence-corrected chi connectivity index (χ2v) is 5.53. The van der Waals surface area contributed by atoms with Gasteiger partial charge in [0.05, 0.1) is 5.56 Å². The Morgan fingerprint density at radius 1 is 1.05 bits per heavy atom. The Hall–Kier alpha value is -1.48. The Kier molecular flexibility index (Phi) is 3.85. The molecule has 0 saturated heterocycles. The van der Waals surface area contributed by atoms with E-state index >= 15 is 0 Å². The zero-order chi connectivity index (χ0) is 14.2. The maximum absolute atomic E-state index is 13.8. The number of halogens is 2. The fourth-order valence-electron chi connectivity index (χ4n) is 2.05. The molecule has 0 fully saturated rings. The normalized spacial score (nSPS) is 10.6. The lowest BCUT2D eigenvalue weighted by Crippen LogP contribution is -2.06. The molecule has 98 valence electrons. The molecule has 19 heavy (non-hydrogen) atoms. The van der Waals surface area contributed by atoms with Gasteiger partial charge in [0.2, 0.25) is 0 Å². The summed E-state index contributed by atoms with van der Waals surface area (Å²) in [5.41, 5.74) is 3.45. The van der Waals surface area contributed by atoms with Crippen LogP contribution in [-0.4, -0.2) is 5.78 Å². The SMILES string of the molecule is Cc1ccc(F)c(C(=O)c2cc(C)c(Br)c(C)c2)c1. The van der Waals surface area contributed by atoms with E-state index in [2.05, 4.69) is 15.9 Å². The molecule has 0 radical (unpaired) electrons. The first-order chi connectivity index (χ1) is 8.90. The van der Waals surface area contributed by atoms with Gasteiger partial charge in [-0.1, -0.05) is 27.6 Å². The molecule has 0 aliphatic carbocycles. The molecule has 0 amide bonds. The Balaban J connectivity index is 2.53. The summed E-state index contributed by atoms with van der Waals surface area (Å²) in [5.74, 6) is -0.756.